The maximum atomic E-state index is 12.5. The predicted molar refractivity (Wildman–Crippen MR) is 134 cm³/mol. The van der Waals surface area contributed by atoms with Crippen LogP contribution in [0.5, 0.6) is 17.2 Å². The van der Waals surface area contributed by atoms with E-state index in [2.05, 4.69) is 12.2 Å². The fourth-order valence-corrected chi connectivity index (χ4v) is 4.50. The van der Waals surface area contributed by atoms with Crippen LogP contribution in [0.4, 0.5) is 5.69 Å². The van der Waals surface area contributed by atoms with Crippen LogP contribution in [-0.2, 0) is 23.0 Å². The van der Waals surface area contributed by atoms with Crippen molar-refractivity contribution >= 4 is 21.6 Å². The Morgan fingerprint density at radius 2 is 1.66 bits per heavy atom. The number of nitrogens with zero attached hydrogens (tertiary/aromatic N) is 1. The lowest BCUT2D eigenvalue weighted by Crippen LogP contribution is -2.29. The Balaban J connectivity index is 1.33. The van der Waals surface area contributed by atoms with E-state index in [0.29, 0.717) is 35.9 Å². The molecule has 1 amide bonds. The first-order chi connectivity index (χ1) is 16.8. The molecule has 0 atom stereocenters. The molecule has 0 radical (unpaired) electrons. The van der Waals surface area contributed by atoms with E-state index < -0.39 is 10.0 Å². The summed E-state index contributed by atoms with van der Waals surface area (Å²) in [7, 11) is -3.56. The molecule has 0 saturated heterocycles. The molecule has 0 saturated carbocycles. The van der Waals surface area contributed by atoms with Gasteiger partial charge in [0, 0.05) is 11.6 Å². The Kier molecular flexibility index (Phi) is 7.45. The fraction of sp³-hybridized carbons (Fsp3) is 0.269. The Hall–Kier alpha value is -3.72. The van der Waals surface area contributed by atoms with Crippen LogP contribution in [0.3, 0.4) is 0 Å². The number of anilines is 1. The van der Waals surface area contributed by atoms with Crippen LogP contribution in [0.25, 0.3) is 0 Å². The molecule has 1 N–H and O–H groups in total. The van der Waals surface area contributed by atoms with Crippen molar-refractivity contribution in [3.8, 4) is 17.2 Å². The minimum absolute atomic E-state index is 0.110. The number of carbonyl (C=O) groups excluding carboxylic acids is 1. The van der Waals surface area contributed by atoms with Crippen LogP contribution in [0.15, 0.2) is 66.7 Å². The molecule has 9 heteroatoms. The first kappa shape index (κ1) is 24.4. The molecule has 1 heterocycles. The zero-order valence-corrected chi connectivity index (χ0v) is 20.5. The monoisotopic (exact) mass is 496 g/mol. The molecule has 184 valence electrons. The third-order valence-electron chi connectivity index (χ3n) is 5.57. The third-order valence-corrected chi connectivity index (χ3v) is 6.72. The molecule has 1 aliphatic heterocycles. The summed E-state index contributed by atoms with van der Waals surface area (Å²) in [6.45, 7) is 3.04. The van der Waals surface area contributed by atoms with Gasteiger partial charge in [-0.3, -0.25) is 9.10 Å². The summed E-state index contributed by atoms with van der Waals surface area (Å²) in [5.41, 5.74) is 2.94. The van der Waals surface area contributed by atoms with Gasteiger partial charge in [-0.05, 0) is 53.9 Å². The molecular weight excluding hydrogens is 468 g/mol. The second-order valence-electron chi connectivity index (χ2n) is 8.11. The number of sulfonamides is 1. The van der Waals surface area contributed by atoms with Crippen molar-refractivity contribution in [3.05, 3.63) is 83.4 Å². The molecule has 0 aliphatic carbocycles. The quantitative estimate of drug-likeness (QED) is 0.430. The van der Waals surface area contributed by atoms with Crippen LogP contribution in [0, 0.1) is 0 Å². The zero-order valence-electron chi connectivity index (χ0n) is 19.7. The van der Waals surface area contributed by atoms with E-state index in [1.165, 1.54) is 9.87 Å². The highest BCUT2D eigenvalue weighted by atomic mass is 32.2. The van der Waals surface area contributed by atoms with Gasteiger partial charge in [0.25, 0.3) is 5.91 Å². The first-order valence-electron chi connectivity index (χ1n) is 11.3. The summed E-state index contributed by atoms with van der Waals surface area (Å²) < 4.78 is 42.6. The predicted octanol–water partition coefficient (Wildman–Crippen LogP) is 3.75. The number of nitrogens with one attached hydrogen (secondary N) is 1. The van der Waals surface area contributed by atoms with E-state index >= 15 is 0 Å². The van der Waals surface area contributed by atoms with Gasteiger partial charge >= 0.3 is 0 Å². The summed E-state index contributed by atoms with van der Waals surface area (Å²) in [5.74, 6) is 1.62. The minimum atomic E-state index is -3.56. The van der Waals surface area contributed by atoms with Gasteiger partial charge < -0.3 is 19.5 Å². The van der Waals surface area contributed by atoms with Gasteiger partial charge in [0.15, 0.2) is 11.5 Å². The van der Waals surface area contributed by atoms with E-state index in [1.807, 2.05) is 24.3 Å². The number of rotatable bonds is 10. The fourth-order valence-electron chi connectivity index (χ4n) is 3.62. The standard InChI is InChI=1S/C26H28N2O6S/c1-3-19-6-11-23(12-7-19)32-15-14-27-26(29)21-8-4-20(5-9-21)17-28(35(2,30)31)22-10-13-24-25(16-22)34-18-33-24/h4-13,16H,3,14-15,17-18H2,1-2H3,(H,27,29). The molecule has 0 spiro atoms. The number of ether oxygens (including phenoxy) is 3. The van der Waals surface area contributed by atoms with Crippen molar-refractivity contribution < 1.29 is 27.4 Å². The molecule has 0 fully saturated rings. The molecule has 3 aromatic carbocycles. The van der Waals surface area contributed by atoms with E-state index in [-0.39, 0.29) is 19.2 Å². The highest BCUT2D eigenvalue weighted by Crippen LogP contribution is 2.36. The van der Waals surface area contributed by atoms with E-state index in [9.17, 15) is 13.2 Å². The van der Waals surface area contributed by atoms with E-state index in [4.69, 9.17) is 14.2 Å². The first-order valence-corrected chi connectivity index (χ1v) is 13.1. The number of hydrogen-bond acceptors (Lipinski definition) is 6. The smallest absolute Gasteiger partial charge is 0.251 e. The SMILES string of the molecule is CCc1ccc(OCCNC(=O)c2ccc(CN(c3ccc4c(c3)OCO4)S(C)(=O)=O)cc2)cc1. The Bertz CT molecular complexity index is 1270. The summed E-state index contributed by atoms with van der Waals surface area (Å²) in [5, 5.41) is 2.83. The van der Waals surface area contributed by atoms with E-state index in [0.717, 1.165) is 24.0 Å². The molecule has 0 aromatic heterocycles. The lowest BCUT2D eigenvalue weighted by Gasteiger charge is -2.23. The maximum absolute atomic E-state index is 12.5. The van der Waals surface area contributed by atoms with Gasteiger partial charge in [-0.2, -0.15) is 0 Å². The van der Waals surface area contributed by atoms with Crippen molar-refractivity contribution in [1.82, 2.24) is 5.32 Å². The second-order valence-corrected chi connectivity index (χ2v) is 10.0. The number of carbonyl (C=O) groups is 1. The van der Waals surface area contributed by atoms with Crippen molar-refractivity contribution in [2.75, 3.05) is 30.5 Å². The summed E-state index contributed by atoms with van der Waals surface area (Å²) >= 11 is 0. The van der Waals surface area contributed by atoms with Gasteiger partial charge in [0.2, 0.25) is 16.8 Å². The molecule has 0 bridgehead atoms. The van der Waals surface area contributed by atoms with Crippen molar-refractivity contribution in [3.63, 3.8) is 0 Å². The zero-order chi connectivity index (χ0) is 24.8. The van der Waals surface area contributed by atoms with Crippen LogP contribution < -0.4 is 23.8 Å². The van der Waals surface area contributed by atoms with Crippen LogP contribution in [0.1, 0.15) is 28.4 Å². The van der Waals surface area contributed by atoms with Crippen molar-refractivity contribution in [2.24, 2.45) is 0 Å². The molecular formula is C26H28N2O6S. The number of amides is 1. The minimum Gasteiger partial charge on any atom is -0.492 e. The highest BCUT2D eigenvalue weighted by molar-refractivity contribution is 7.92. The van der Waals surface area contributed by atoms with Gasteiger partial charge in [-0.1, -0.05) is 31.2 Å². The lowest BCUT2D eigenvalue weighted by atomic mass is 10.1. The second kappa shape index (κ2) is 10.7. The van der Waals surface area contributed by atoms with Gasteiger partial charge in [0.05, 0.1) is 25.0 Å². The molecule has 8 nitrogen and oxygen atoms in total. The number of hydrogen-bond donors (Lipinski definition) is 1. The van der Waals surface area contributed by atoms with Gasteiger partial charge in [-0.25, -0.2) is 8.42 Å². The van der Waals surface area contributed by atoms with Crippen LogP contribution >= 0.6 is 0 Å². The topological polar surface area (TPSA) is 94.2 Å². The normalized spacial score (nSPS) is 12.3. The summed E-state index contributed by atoms with van der Waals surface area (Å²) in [6, 6.07) is 19.7. The highest BCUT2D eigenvalue weighted by Gasteiger charge is 2.22. The van der Waals surface area contributed by atoms with Crippen molar-refractivity contribution in [2.45, 2.75) is 19.9 Å². The molecule has 3 aromatic rings. The molecule has 35 heavy (non-hydrogen) atoms. The lowest BCUT2D eigenvalue weighted by molar-refractivity contribution is 0.0947. The summed E-state index contributed by atoms with van der Waals surface area (Å²) in [4.78, 5) is 12.5. The number of benzene rings is 3. The average Bonchev–Trinajstić information content (AvgIpc) is 3.33. The number of fused-ring (bicyclic) bond motifs is 1. The van der Waals surface area contributed by atoms with Crippen LogP contribution in [0.2, 0.25) is 0 Å². The largest absolute Gasteiger partial charge is 0.492 e. The molecule has 1 aliphatic rings. The van der Waals surface area contributed by atoms with Gasteiger partial charge in [-0.15, -0.1) is 0 Å². The Labute approximate surface area is 205 Å². The molecule has 4 rings (SSSR count). The van der Waals surface area contributed by atoms with E-state index in [1.54, 1.807) is 42.5 Å². The maximum Gasteiger partial charge on any atom is 0.251 e. The Morgan fingerprint density at radius 1 is 0.971 bits per heavy atom. The van der Waals surface area contributed by atoms with Crippen LogP contribution in [-0.4, -0.2) is 40.5 Å². The third kappa shape index (κ3) is 6.24. The van der Waals surface area contributed by atoms with Crippen molar-refractivity contribution in [1.29, 1.82) is 0 Å². The number of aryl methyl sites for hydroxylation is 1. The average molecular weight is 497 g/mol. The molecule has 0 unspecified atom stereocenters. The van der Waals surface area contributed by atoms with Gasteiger partial charge in [0.1, 0.15) is 12.4 Å². The Morgan fingerprint density at radius 3 is 2.34 bits per heavy atom. The summed E-state index contributed by atoms with van der Waals surface area (Å²) in [6.07, 6.45) is 2.12.